The van der Waals surface area contributed by atoms with Crippen LogP contribution >= 0.6 is 11.3 Å². The molecule has 2 heterocycles. The summed E-state index contributed by atoms with van der Waals surface area (Å²) in [6.45, 7) is 3.82. The van der Waals surface area contributed by atoms with E-state index in [0.29, 0.717) is 10.3 Å². The largest absolute Gasteiger partial charge is 0.492 e. The van der Waals surface area contributed by atoms with Gasteiger partial charge in [0.1, 0.15) is 0 Å². The molecule has 18 heavy (non-hydrogen) atoms. The van der Waals surface area contributed by atoms with Gasteiger partial charge in [-0.15, -0.1) is 11.3 Å². The molecule has 2 aromatic heterocycles. The number of nitrogens with one attached hydrogen (secondary N) is 1. The average molecular weight is 271 g/mol. The van der Waals surface area contributed by atoms with Gasteiger partial charge in [0.2, 0.25) is 16.8 Å². The molecule has 0 amide bonds. The lowest BCUT2D eigenvalue weighted by Gasteiger charge is -2.04. The summed E-state index contributed by atoms with van der Waals surface area (Å²) in [5, 5.41) is 11.3. The monoisotopic (exact) mass is 271 g/mol. The molecule has 0 saturated carbocycles. The van der Waals surface area contributed by atoms with Crippen molar-refractivity contribution >= 4 is 11.3 Å². The maximum atomic E-state index is 13.2. The molecule has 2 aromatic rings. The van der Waals surface area contributed by atoms with Gasteiger partial charge in [0, 0.05) is 5.38 Å². The average Bonchev–Trinajstić information content (AvgIpc) is 2.75. The van der Waals surface area contributed by atoms with Crippen molar-refractivity contribution in [1.29, 1.82) is 0 Å². The zero-order valence-electron chi connectivity index (χ0n) is 9.60. The lowest BCUT2D eigenvalue weighted by atomic mass is 10.2. The first kappa shape index (κ1) is 12.5. The fourth-order valence-corrected chi connectivity index (χ4v) is 2.31. The van der Waals surface area contributed by atoms with E-state index < -0.39 is 22.9 Å². The number of aromatic amines is 1. The minimum absolute atomic E-state index is 0.108. The Bertz CT molecular complexity index is 701. The van der Waals surface area contributed by atoms with Gasteiger partial charge in [-0.3, -0.25) is 9.78 Å². The fourth-order valence-electron chi connectivity index (χ4n) is 1.33. The number of aromatic nitrogens is 3. The summed E-state index contributed by atoms with van der Waals surface area (Å²) >= 11 is 1.08. The maximum absolute atomic E-state index is 13.2. The minimum Gasteiger partial charge on any atom is -0.492 e. The maximum Gasteiger partial charge on any atom is 0.337 e. The quantitative estimate of drug-likeness (QED) is 0.851. The highest BCUT2D eigenvalue weighted by molar-refractivity contribution is 7.12. The molecular weight excluding hydrogens is 261 g/mol. The van der Waals surface area contributed by atoms with Crippen LogP contribution in [-0.2, 0) is 0 Å². The van der Waals surface area contributed by atoms with Gasteiger partial charge in [-0.05, 0) is 5.92 Å². The van der Waals surface area contributed by atoms with Crippen molar-refractivity contribution < 1.29 is 9.50 Å². The highest BCUT2D eigenvalue weighted by Crippen LogP contribution is 2.22. The van der Waals surface area contributed by atoms with Crippen LogP contribution in [0.4, 0.5) is 4.39 Å². The van der Waals surface area contributed by atoms with Crippen molar-refractivity contribution in [2.75, 3.05) is 0 Å². The van der Waals surface area contributed by atoms with Crippen LogP contribution in [0, 0.1) is 5.82 Å². The highest BCUT2D eigenvalue weighted by atomic mass is 32.1. The van der Waals surface area contributed by atoms with Gasteiger partial charge in [-0.1, -0.05) is 13.8 Å². The van der Waals surface area contributed by atoms with Crippen LogP contribution in [0.15, 0.2) is 15.0 Å². The second-order valence-corrected chi connectivity index (χ2v) is 4.78. The topological polar surface area (TPSA) is 88.0 Å². The summed E-state index contributed by atoms with van der Waals surface area (Å²) in [5.74, 6) is -2.30. The molecule has 0 saturated heterocycles. The van der Waals surface area contributed by atoms with Crippen LogP contribution in [-0.4, -0.2) is 19.6 Å². The summed E-state index contributed by atoms with van der Waals surface area (Å²) in [6.07, 6.45) is 0. The second kappa shape index (κ2) is 4.37. The Balaban J connectivity index is 2.67. The van der Waals surface area contributed by atoms with Crippen LogP contribution in [0.3, 0.4) is 0 Å². The number of rotatable bonds is 2. The van der Waals surface area contributed by atoms with E-state index in [-0.39, 0.29) is 11.0 Å². The first-order chi connectivity index (χ1) is 8.41. The summed E-state index contributed by atoms with van der Waals surface area (Å²) in [7, 11) is 0. The van der Waals surface area contributed by atoms with Crippen molar-refractivity contribution in [3.63, 3.8) is 0 Å². The third-order valence-electron chi connectivity index (χ3n) is 2.32. The van der Waals surface area contributed by atoms with E-state index in [0.717, 1.165) is 11.3 Å². The molecule has 0 bridgehead atoms. The van der Waals surface area contributed by atoms with Gasteiger partial charge >= 0.3 is 5.69 Å². The predicted molar refractivity (Wildman–Crippen MR) is 64.0 cm³/mol. The Kier molecular flexibility index (Phi) is 3.04. The van der Waals surface area contributed by atoms with Gasteiger partial charge in [0.15, 0.2) is 0 Å². The van der Waals surface area contributed by atoms with Gasteiger partial charge in [0.25, 0.3) is 5.56 Å². The van der Waals surface area contributed by atoms with E-state index >= 15 is 0 Å². The van der Waals surface area contributed by atoms with E-state index in [1.165, 1.54) is 0 Å². The predicted octanol–water partition coefficient (Wildman–Crippen LogP) is 0.950. The second-order valence-electron chi connectivity index (χ2n) is 3.94. The van der Waals surface area contributed by atoms with Crippen LogP contribution < -0.4 is 11.2 Å². The van der Waals surface area contributed by atoms with Gasteiger partial charge in [0.05, 0.1) is 5.69 Å². The first-order valence-corrected chi connectivity index (χ1v) is 5.99. The SMILES string of the molecule is CC(C)c1csc(-n2c(O)c(F)c(=O)[nH]c2=O)n1. The van der Waals surface area contributed by atoms with E-state index in [4.69, 9.17) is 0 Å². The Labute approximate surface area is 104 Å². The van der Waals surface area contributed by atoms with Crippen LogP contribution in [0.5, 0.6) is 5.88 Å². The third kappa shape index (κ3) is 1.94. The Morgan fingerprint density at radius 1 is 1.50 bits per heavy atom. The molecule has 0 aliphatic carbocycles. The number of hydrogen-bond acceptors (Lipinski definition) is 5. The Morgan fingerprint density at radius 2 is 2.17 bits per heavy atom. The lowest BCUT2D eigenvalue weighted by Crippen LogP contribution is -2.30. The van der Waals surface area contributed by atoms with Crippen LogP contribution in [0.2, 0.25) is 0 Å². The molecule has 0 fully saturated rings. The fraction of sp³-hybridized carbons (Fsp3) is 0.300. The van der Waals surface area contributed by atoms with Crippen molar-refractivity contribution in [1.82, 2.24) is 14.5 Å². The van der Waals surface area contributed by atoms with Crippen molar-refractivity contribution in [2.24, 2.45) is 0 Å². The zero-order valence-corrected chi connectivity index (χ0v) is 10.4. The van der Waals surface area contributed by atoms with E-state index in [1.807, 2.05) is 13.8 Å². The smallest absolute Gasteiger partial charge is 0.337 e. The van der Waals surface area contributed by atoms with E-state index in [1.54, 1.807) is 10.4 Å². The molecule has 0 aromatic carbocycles. The number of aromatic hydroxyl groups is 1. The van der Waals surface area contributed by atoms with Gasteiger partial charge < -0.3 is 5.11 Å². The standard InChI is InChI=1S/C10H10FN3O3S/c1-4(2)5-3-18-10(12-5)14-8(16)6(11)7(15)13-9(14)17/h3-4,16H,1-2H3,(H,13,15,17). The highest BCUT2D eigenvalue weighted by Gasteiger charge is 2.17. The minimum atomic E-state index is -1.41. The normalized spacial score (nSPS) is 11.1. The van der Waals surface area contributed by atoms with Gasteiger partial charge in [-0.25, -0.2) is 14.3 Å². The molecule has 96 valence electrons. The number of thiazole rings is 1. The Hall–Kier alpha value is -1.96. The van der Waals surface area contributed by atoms with Crippen molar-refractivity contribution in [2.45, 2.75) is 19.8 Å². The van der Waals surface area contributed by atoms with Gasteiger partial charge in [-0.2, -0.15) is 4.39 Å². The van der Waals surface area contributed by atoms with Crippen LogP contribution in [0.1, 0.15) is 25.5 Å². The third-order valence-corrected chi connectivity index (χ3v) is 3.17. The van der Waals surface area contributed by atoms with Crippen molar-refractivity contribution in [3.8, 4) is 11.0 Å². The number of nitrogens with zero attached hydrogens (tertiary/aromatic N) is 2. The van der Waals surface area contributed by atoms with E-state index in [9.17, 15) is 19.1 Å². The number of halogens is 1. The molecule has 0 radical (unpaired) electrons. The molecule has 0 spiro atoms. The molecule has 0 aliphatic rings. The van der Waals surface area contributed by atoms with Crippen molar-refractivity contribution in [3.05, 3.63) is 37.7 Å². The molecule has 0 unspecified atom stereocenters. The van der Waals surface area contributed by atoms with E-state index in [2.05, 4.69) is 4.98 Å². The molecule has 8 heteroatoms. The first-order valence-electron chi connectivity index (χ1n) is 5.11. The molecule has 2 N–H and O–H groups in total. The summed E-state index contributed by atoms with van der Waals surface area (Å²) in [6, 6.07) is 0. The molecule has 6 nitrogen and oxygen atoms in total. The lowest BCUT2D eigenvalue weighted by molar-refractivity contribution is 0.386. The van der Waals surface area contributed by atoms with Crippen LogP contribution in [0.25, 0.3) is 5.13 Å². The molecule has 0 aliphatic heterocycles. The summed E-state index contributed by atoms with van der Waals surface area (Å²) in [4.78, 5) is 28.4. The molecular formula is C10H10FN3O3S. The molecule has 2 rings (SSSR count). The number of hydrogen-bond donors (Lipinski definition) is 2. The number of H-pyrrole nitrogens is 1. The summed E-state index contributed by atoms with van der Waals surface area (Å²) < 4.78 is 13.9. The Morgan fingerprint density at radius 3 is 2.72 bits per heavy atom. The molecule has 0 atom stereocenters. The zero-order chi connectivity index (χ0) is 13.4. The summed E-state index contributed by atoms with van der Waals surface area (Å²) in [5.41, 5.74) is -1.47.